The van der Waals surface area contributed by atoms with E-state index in [0.29, 0.717) is 35.7 Å². The number of carbonyl (C=O) groups excluding carboxylic acids is 3. The number of hydrogen-bond acceptors (Lipinski definition) is 4. The van der Waals surface area contributed by atoms with Crippen LogP contribution in [0.1, 0.15) is 30.1 Å². The number of nitrogens with one attached hydrogen (secondary N) is 2. The average molecular weight is 381 g/mol. The van der Waals surface area contributed by atoms with Crippen LogP contribution in [0, 0.1) is 0 Å². The lowest BCUT2D eigenvalue weighted by Crippen LogP contribution is -2.45. The van der Waals surface area contributed by atoms with Gasteiger partial charge >= 0.3 is 6.03 Å². The first-order valence-corrected chi connectivity index (χ1v) is 9.11. The molecule has 0 aromatic heterocycles. The maximum Gasteiger partial charge on any atom is 0.322 e. The van der Waals surface area contributed by atoms with Crippen LogP contribution < -0.4 is 15.4 Å². The number of benzene rings is 2. The average Bonchev–Trinajstić information content (AvgIpc) is 3.19. The minimum Gasteiger partial charge on any atom is -0.497 e. The number of carbonyl (C=O) groups is 3. The first kappa shape index (κ1) is 19.4. The first-order valence-electron chi connectivity index (χ1n) is 9.11. The van der Waals surface area contributed by atoms with Gasteiger partial charge in [0.15, 0.2) is 5.78 Å². The Morgan fingerprint density at radius 1 is 1.04 bits per heavy atom. The van der Waals surface area contributed by atoms with Crippen LogP contribution in [0.15, 0.2) is 48.5 Å². The Morgan fingerprint density at radius 3 is 2.46 bits per heavy atom. The van der Waals surface area contributed by atoms with E-state index in [1.165, 1.54) is 6.92 Å². The zero-order chi connectivity index (χ0) is 20.1. The number of Topliss-reactive ketones (excluding diaryl/α,β-unsaturated/α-hetero) is 1. The predicted molar refractivity (Wildman–Crippen MR) is 107 cm³/mol. The Hall–Kier alpha value is -3.35. The monoisotopic (exact) mass is 381 g/mol. The Balaban J connectivity index is 1.64. The van der Waals surface area contributed by atoms with Crippen molar-refractivity contribution >= 4 is 29.1 Å². The summed E-state index contributed by atoms with van der Waals surface area (Å²) in [6.45, 7) is 2.00. The van der Waals surface area contributed by atoms with Crippen LogP contribution in [-0.2, 0) is 4.79 Å². The minimum absolute atomic E-state index is 0.0333. The standard InChI is InChI=1S/C21H23N3O4/c1-14(25)15-8-10-16(11-9-15)22-20(26)19-7-4-12-24(19)21(27)23-17-5-3-6-18(13-17)28-2/h3,5-6,8-11,13,19H,4,7,12H2,1-2H3,(H,22,26)(H,23,27)/t19-/m0/s1. The second kappa shape index (κ2) is 8.56. The smallest absolute Gasteiger partial charge is 0.322 e. The van der Waals surface area contributed by atoms with Gasteiger partial charge in [-0.25, -0.2) is 4.79 Å². The first-order chi connectivity index (χ1) is 13.5. The lowest BCUT2D eigenvalue weighted by molar-refractivity contribution is -0.119. The van der Waals surface area contributed by atoms with E-state index in [1.807, 2.05) is 0 Å². The van der Waals surface area contributed by atoms with Crippen molar-refractivity contribution in [2.24, 2.45) is 0 Å². The topological polar surface area (TPSA) is 87.7 Å². The van der Waals surface area contributed by atoms with Crippen LogP contribution >= 0.6 is 0 Å². The molecule has 1 aliphatic heterocycles. The second-order valence-electron chi connectivity index (χ2n) is 6.64. The highest BCUT2D eigenvalue weighted by molar-refractivity contribution is 6.00. The zero-order valence-electron chi connectivity index (χ0n) is 15.9. The highest BCUT2D eigenvalue weighted by atomic mass is 16.5. The SMILES string of the molecule is COc1cccc(NC(=O)N2CCC[C@H]2C(=O)Nc2ccc(C(C)=O)cc2)c1. The zero-order valence-corrected chi connectivity index (χ0v) is 15.9. The van der Waals surface area contributed by atoms with Gasteiger partial charge in [0.2, 0.25) is 5.91 Å². The fourth-order valence-corrected chi connectivity index (χ4v) is 3.19. The summed E-state index contributed by atoms with van der Waals surface area (Å²) in [6, 6.07) is 12.9. The van der Waals surface area contributed by atoms with Gasteiger partial charge in [0, 0.05) is 29.5 Å². The van der Waals surface area contributed by atoms with Crippen molar-refractivity contribution in [3.63, 3.8) is 0 Å². The molecule has 0 bridgehead atoms. The number of ether oxygens (including phenoxy) is 1. The molecule has 146 valence electrons. The molecule has 28 heavy (non-hydrogen) atoms. The summed E-state index contributed by atoms with van der Waals surface area (Å²) >= 11 is 0. The number of ketones is 1. The van der Waals surface area contributed by atoms with E-state index in [1.54, 1.807) is 60.5 Å². The number of anilines is 2. The Morgan fingerprint density at radius 2 is 1.79 bits per heavy atom. The molecule has 1 fully saturated rings. The highest BCUT2D eigenvalue weighted by Gasteiger charge is 2.34. The molecule has 2 aromatic rings. The van der Waals surface area contributed by atoms with Crippen molar-refractivity contribution in [3.05, 3.63) is 54.1 Å². The summed E-state index contributed by atoms with van der Waals surface area (Å²) in [6.07, 6.45) is 1.36. The molecule has 2 N–H and O–H groups in total. The van der Waals surface area contributed by atoms with Crippen molar-refractivity contribution < 1.29 is 19.1 Å². The van der Waals surface area contributed by atoms with Gasteiger partial charge in [0.1, 0.15) is 11.8 Å². The maximum absolute atomic E-state index is 12.7. The van der Waals surface area contributed by atoms with Crippen molar-refractivity contribution in [2.75, 3.05) is 24.3 Å². The third kappa shape index (κ3) is 4.49. The van der Waals surface area contributed by atoms with Crippen LogP contribution in [-0.4, -0.2) is 42.3 Å². The molecule has 3 rings (SSSR count). The molecule has 1 heterocycles. The van der Waals surface area contributed by atoms with E-state index in [-0.39, 0.29) is 17.7 Å². The molecule has 7 heteroatoms. The third-order valence-electron chi connectivity index (χ3n) is 4.70. The fourth-order valence-electron chi connectivity index (χ4n) is 3.19. The van der Waals surface area contributed by atoms with E-state index in [9.17, 15) is 14.4 Å². The molecule has 3 amide bonds. The maximum atomic E-state index is 12.7. The number of nitrogens with zero attached hydrogens (tertiary/aromatic N) is 1. The minimum atomic E-state index is -0.543. The van der Waals surface area contributed by atoms with E-state index in [2.05, 4.69) is 10.6 Å². The molecule has 0 radical (unpaired) electrons. The van der Waals surface area contributed by atoms with Crippen molar-refractivity contribution in [2.45, 2.75) is 25.8 Å². The molecule has 2 aromatic carbocycles. The molecule has 0 spiro atoms. The Kier molecular flexibility index (Phi) is 5.93. The van der Waals surface area contributed by atoms with E-state index in [0.717, 1.165) is 6.42 Å². The van der Waals surface area contributed by atoms with Crippen LogP contribution in [0.3, 0.4) is 0 Å². The van der Waals surface area contributed by atoms with Crippen molar-refractivity contribution in [1.29, 1.82) is 0 Å². The van der Waals surface area contributed by atoms with Gasteiger partial charge in [-0.15, -0.1) is 0 Å². The number of methoxy groups -OCH3 is 1. The Labute approximate surface area is 163 Å². The number of likely N-dealkylation sites (tertiary alicyclic amines) is 1. The van der Waals surface area contributed by atoms with Gasteiger partial charge in [-0.05, 0) is 56.2 Å². The molecule has 7 nitrogen and oxygen atoms in total. The van der Waals surface area contributed by atoms with Gasteiger partial charge in [0.05, 0.1) is 7.11 Å². The molecule has 0 unspecified atom stereocenters. The van der Waals surface area contributed by atoms with Crippen LogP contribution in [0.2, 0.25) is 0 Å². The van der Waals surface area contributed by atoms with E-state index >= 15 is 0 Å². The van der Waals surface area contributed by atoms with Crippen LogP contribution in [0.5, 0.6) is 5.75 Å². The molecular formula is C21H23N3O4. The third-order valence-corrected chi connectivity index (χ3v) is 4.70. The second-order valence-corrected chi connectivity index (χ2v) is 6.64. The predicted octanol–water partition coefficient (Wildman–Crippen LogP) is 3.53. The molecular weight excluding hydrogens is 358 g/mol. The number of rotatable bonds is 5. The normalized spacial score (nSPS) is 15.8. The number of hydrogen-bond donors (Lipinski definition) is 2. The van der Waals surface area contributed by atoms with Crippen molar-refractivity contribution in [1.82, 2.24) is 4.90 Å². The molecule has 1 saturated heterocycles. The number of urea groups is 1. The summed E-state index contributed by atoms with van der Waals surface area (Å²) in [4.78, 5) is 38.2. The molecule has 0 aliphatic carbocycles. The highest BCUT2D eigenvalue weighted by Crippen LogP contribution is 2.22. The summed E-state index contributed by atoms with van der Waals surface area (Å²) in [5.41, 5.74) is 1.78. The van der Waals surface area contributed by atoms with Gasteiger partial charge in [-0.2, -0.15) is 0 Å². The van der Waals surface area contributed by atoms with Crippen molar-refractivity contribution in [3.8, 4) is 5.75 Å². The summed E-state index contributed by atoms with van der Waals surface area (Å²) in [5, 5.41) is 5.64. The summed E-state index contributed by atoms with van der Waals surface area (Å²) < 4.78 is 5.16. The van der Waals surface area contributed by atoms with E-state index < -0.39 is 6.04 Å². The molecule has 0 saturated carbocycles. The summed E-state index contributed by atoms with van der Waals surface area (Å²) in [5.74, 6) is 0.366. The molecule has 1 aliphatic rings. The van der Waals surface area contributed by atoms with Gasteiger partial charge in [-0.3, -0.25) is 9.59 Å². The van der Waals surface area contributed by atoms with E-state index in [4.69, 9.17) is 4.74 Å². The quantitative estimate of drug-likeness (QED) is 0.776. The van der Waals surface area contributed by atoms with Crippen LogP contribution in [0.25, 0.3) is 0 Å². The number of amides is 3. The largest absolute Gasteiger partial charge is 0.497 e. The fraction of sp³-hybridized carbons (Fsp3) is 0.286. The van der Waals surface area contributed by atoms with Gasteiger partial charge < -0.3 is 20.3 Å². The van der Waals surface area contributed by atoms with Crippen LogP contribution in [0.4, 0.5) is 16.2 Å². The Bertz CT molecular complexity index is 879. The summed E-state index contributed by atoms with van der Waals surface area (Å²) in [7, 11) is 1.56. The molecule has 1 atom stereocenters. The lowest BCUT2D eigenvalue weighted by Gasteiger charge is -2.24. The van der Waals surface area contributed by atoms with Gasteiger partial charge in [-0.1, -0.05) is 6.07 Å². The lowest BCUT2D eigenvalue weighted by atomic mass is 10.1. The van der Waals surface area contributed by atoms with Gasteiger partial charge in [0.25, 0.3) is 0 Å².